The molecule has 0 aliphatic heterocycles. The van der Waals surface area contributed by atoms with Crippen LogP contribution >= 0.6 is 0 Å². The molecule has 0 bridgehead atoms. The van der Waals surface area contributed by atoms with Gasteiger partial charge in [-0.05, 0) is 13.3 Å². The minimum atomic E-state index is 0.698. The molecule has 0 atom stereocenters. The van der Waals surface area contributed by atoms with Gasteiger partial charge in [0.25, 0.3) is 0 Å². The Morgan fingerprint density at radius 1 is 0.857 bits per heavy atom. The smallest absolute Gasteiger partial charge is 0.110 e. The Labute approximate surface area is 89.2 Å². The Hall–Kier alpha value is -0.640. The van der Waals surface area contributed by atoms with Crippen LogP contribution in [-0.2, 0) is 4.74 Å². The Bertz CT molecular complexity index is 152. The number of unbranched alkanes of at least 4 members (excludes halogenated alkanes) is 7. The second-order valence-electron chi connectivity index (χ2n) is 3.58. The molecule has 0 unspecified atom stereocenters. The van der Waals surface area contributed by atoms with E-state index in [4.69, 9.17) is 4.74 Å². The van der Waals surface area contributed by atoms with E-state index in [1.165, 1.54) is 44.9 Å². The molecule has 0 N–H and O–H groups in total. The zero-order valence-electron chi connectivity index (χ0n) is 9.77. The molecule has 0 amide bonds. The van der Waals surface area contributed by atoms with Crippen molar-refractivity contribution in [3.05, 3.63) is 0 Å². The van der Waals surface area contributed by atoms with Crippen molar-refractivity contribution in [1.29, 1.82) is 0 Å². The maximum Gasteiger partial charge on any atom is 0.110 e. The van der Waals surface area contributed by atoms with E-state index in [0.717, 1.165) is 6.42 Å². The third kappa shape index (κ3) is 11.4. The summed E-state index contributed by atoms with van der Waals surface area (Å²) >= 11 is 0. The van der Waals surface area contributed by atoms with Crippen molar-refractivity contribution in [2.75, 3.05) is 6.61 Å². The zero-order chi connectivity index (χ0) is 10.5. The lowest BCUT2D eigenvalue weighted by molar-refractivity contribution is 0.298. The van der Waals surface area contributed by atoms with Crippen LogP contribution in [0.2, 0.25) is 0 Å². The lowest BCUT2D eigenvalue weighted by atomic mass is 10.1. The summed E-state index contributed by atoms with van der Waals surface area (Å²) in [5, 5.41) is 0. The molecular weight excluding hydrogens is 172 g/mol. The van der Waals surface area contributed by atoms with Crippen molar-refractivity contribution < 1.29 is 4.74 Å². The van der Waals surface area contributed by atoms with Gasteiger partial charge < -0.3 is 4.74 Å². The van der Waals surface area contributed by atoms with Gasteiger partial charge in [-0.2, -0.15) is 0 Å². The third-order valence-corrected chi connectivity index (χ3v) is 2.19. The normalized spacial score (nSPS) is 9.29. The van der Waals surface area contributed by atoms with Crippen LogP contribution in [0.1, 0.15) is 65.2 Å². The van der Waals surface area contributed by atoms with E-state index in [-0.39, 0.29) is 0 Å². The van der Waals surface area contributed by atoms with Crippen LogP contribution in [0, 0.1) is 12.0 Å². The number of rotatable bonds is 8. The molecule has 0 fully saturated rings. The highest BCUT2D eigenvalue weighted by molar-refractivity contribution is 4.90. The first-order valence-electron chi connectivity index (χ1n) is 6.01. The maximum absolute atomic E-state index is 4.93. The predicted molar refractivity (Wildman–Crippen MR) is 62.0 cm³/mol. The number of hydrogen-bond acceptors (Lipinski definition) is 1. The molecule has 0 saturated carbocycles. The fourth-order valence-corrected chi connectivity index (χ4v) is 1.34. The molecule has 0 saturated heterocycles. The summed E-state index contributed by atoms with van der Waals surface area (Å²) in [7, 11) is 0. The van der Waals surface area contributed by atoms with E-state index < -0.39 is 0 Å². The van der Waals surface area contributed by atoms with Crippen LogP contribution in [0.25, 0.3) is 0 Å². The molecule has 0 aromatic rings. The topological polar surface area (TPSA) is 9.23 Å². The minimum absolute atomic E-state index is 0.698. The lowest BCUT2D eigenvalue weighted by Crippen LogP contribution is -1.80. The van der Waals surface area contributed by atoms with Crippen molar-refractivity contribution in [3.63, 3.8) is 0 Å². The van der Waals surface area contributed by atoms with E-state index in [0.29, 0.717) is 6.61 Å². The van der Waals surface area contributed by atoms with Crippen molar-refractivity contribution in [1.82, 2.24) is 0 Å². The highest BCUT2D eigenvalue weighted by Crippen LogP contribution is 2.07. The standard InChI is InChI=1S/C13H24O/c1-3-5-6-7-8-9-10-11-12-13-14-4-2/h3-11H2,1-2H3. The summed E-state index contributed by atoms with van der Waals surface area (Å²) in [6, 6.07) is 0. The number of hydrogen-bond donors (Lipinski definition) is 0. The third-order valence-electron chi connectivity index (χ3n) is 2.19. The molecule has 0 aliphatic carbocycles. The molecule has 0 rings (SSSR count). The highest BCUT2D eigenvalue weighted by atomic mass is 16.5. The van der Waals surface area contributed by atoms with Gasteiger partial charge >= 0.3 is 0 Å². The average Bonchev–Trinajstić information content (AvgIpc) is 2.21. The van der Waals surface area contributed by atoms with E-state index >= 15 is 0 Å². The van der Waals surface area contributed by atoms with E-state index in [1.54, 1.807) is 0 Å². The summed E-state index contributed by atoms with van der Waals surface area (Å²) in [5.41, 5.74) is 0. The van der Waals surface area contributed by atoms with Gasteiger partial charge in [0.1, 0.15) is 6.11 Å². The summed E-state index contributed by atoms with van der Waals surface area (Å²) < 4.78 is 4.93. The highest BCUT2D eigenvalue weighted by Gasteiger charge is 1.88. The largest absolute Gasteiger partial charge is 0.447 e. The Balaban J connectivity index is 2.96. The van der Waals surface area contributed by atoms with Crippen molar-refractivity contribution in [2.24, 2.45) is 0 Å². The van der Waals surface area contributed by atoms with Gasteiger partial charge in [0.05, 0.1) is 6.61 Å². The number of ether oxygens (including phenoxy) is 1. The van der Waals surface area contributed by atoms with Gasteiger partial charge in [-0.15, -0.1) is 0 Å². The molecule has 0 spiro atoms. The van der Waals surface area contributed by atoms with Gasteiger partial charge in [-0.1, -0.05) is 51.4 Å². The molecule has 0 heterocycles. The maximum atomic E-state index is 4.93. The summed E-state index contributed by atoms with van der Waals surface area (Å²) in [6.45, 7) is 4.91. The van der Waals surface area contributed by atoms with E-state index in [1.807, 2.05) is 6.92 Å². The minimum Gasteiger partial charge on any atom is -0.447 e. The first-order valence-corrected chi connectivity index (χ1v) is 6.01. The SMILES string of the molecule is CCCCCCCCCC#COCC. The van der Waals surface area contributed by atoms with Gasteiger partial charge in [-0.25, -0.2) is 0 Å². The molecule has 1 nitrogen and oxygen atoms in total. The summed E-state index contributed by atoms with van der Waals surface area (Å²) in [5.74, 6) is 3.02. The monoisotopic (exact) mass is 196 g/mol. The fraction of sp³-hybridized carbons (Fsp3) is 0.846. The van der Waals surface area contributed by atoms with Crippen LogP contribution in [0.5, 0.6) is 0 Å². The average molecular weight is 196 g/mol. The van der Waals surface area contributed by atoms with Gasteiger partial charge in [0.15, 0.2) is 0 Å². The molecular formula is C13H24O. The quantitative estimate of drug-likeness (QED) is 0.419. The van der Waals surface area contributed by atoms with Crippen molar-refractivity contribution in [3.8, 4) is 12.0 Å². The van der Waals surface area contributed by atoms with Crippen LogP contribution in [0.15, 0.2) is 0 Å². The summed E-state index contributed by atoms with van der Waals surface area (Å²) in [4.78, 5) is 0. The molecule has 0 radical (unpaired) electrons. The second-order valence-corrected chi connectivity index (χ2v) is 3.58. The molecule has 1 heteroatoms. The molecule has 0 aromatic heterocycles. The zero-order valence-corrected chi connectivity index (χ0v) is 9.77. The molecule has 14 heavy (non-hydrogen) atoms. The van der Waals surface area contributed by atoms with Gasteiger partial charge in [0, 0.05) is 6.42 Å². The van der Waals surface area contributed by atoms with Crippen molar-refractivity contribution in [2.45, 2.75) is 65.2 Å². The van der Waals surface area contributed by atoms with Gasteiger partial charge in [-0.3, -0.25) is 0 Å². The van der Waals surface area contributed by atoms with Crippen LogP contribution < -0.4 is 0 Å². The van der Waals surface area contributed by atoms with Crippen molar-refractivity contribution >= 4 is 0 Å². The Morgan fingerprint density at radius 3 is 2.14 bits per heavy atom. The second kappa shape index (κ2) is 12.4. The van der Waals surface area contributed by atoms with E-state index in [9.17, 15) is 0 Å². The first-order chi connectivity index (χ1) is 6.91. The van der Waals surface area contributed by atoms with E-state index in [2.05, 4.69) is 19.0 Å². The van der Waals surface area contributed by atoms with Gasteiger partial charge in [0.2, 0.25) is 0 Å². The molecule has 0 aliphatic rings. The predicted octanol–water partition coefficient (Wildman–Crippen LogP) is 4.12. The Kier molecular flexibility index (Phi) is 11.8. The van der Waals surface area contributed by atoms with Crippen LogP contribution in [-0.4, -0.2) is 6.61 Å². The first kappa shape index (κ1) is 13.4. The van der Waals surface area contributed by atoms with Crippen LogP contribution in [0.4, 0.5) is 0 Å². The molecule has 82 valence electrons. The molecule has 0 aromatic carbocycles. The summed E-state index contributed by atoms with van der Waals surface area (Å²) in [6.07, 6.45) is 13.1. The lowest BCUT2D eigenvalue weighted by Gasteiger charge is -1.97. The van der Waals surface area contributed by atoms with Crippen LogP contribution in [0.3, 0.4) is 0 Å². The Morgan fingerprint density at radius 2 is 1.50 bits per heavy atom. The fourth-order valence-electron chi connectivity index (χ4n) is 1.34.